The summed E-state index contributed by atoms with van der Waals surface area (Å²) in [4.78, 5) is 0.274. The molecule has 1 N–H and O–H groups in total. The van der Waals surface area contributed by atoms with Gasteiger partial charge in [0.2, 0.25) is 0 Å². The number of sulfonamides is 1. The van der Waals surface area contributed by atoms with Crippen LogP contribution >= 0.6 is 0 Å². The maximum atomic E-state index is 12.6. The highest BCUT2D eigenvalue weighted by Crippen LogP contribution is 2.25. The van der Waals surface area contributed by atoms with Gasteiger partial charge in [0.05, 0.1) is 22.0 Å². The van der Waals surface area contributed by atoms with Crippen molar-refractivity contribution in [1.82, 2.24) is 9.78 Å². The molecule has 21 heavy (non-hydrogen) atoms. The molecule has 2 rings (SSSR count). The molecule has 2 aromatic rings. The average Bonchev–Trinajstić information content (AvgIpc) is 2.73. The average molecular weight is 307 g/mol. The molecule has 0 radical (unpaired) electrons. The number of benzene rings is 1. The molecular formula is C15H21N3O2S. The van der Waals surface area contributed by atoms with E-state index in [2.05, 4.69) is 9.82 Å². The van der Waals surface area contributed by atoms with E-state index in [9.17, 15) is 8.42 Å². The summed E-state index contributed by atoms with van der Waals surface area (Å²) in [5, 5.41) is 4.39. The highest BCUT2D eigenvalue weighted by Gasteiger charge is 2.21. The van der Waals surface area contributed by atoms with E-state index >= 15 is 0 Å². The first kappa shape index (κ1) is 15.6. The number of aromatic nitrogens is 2. The van der Waals surface area contributed by atoms with Gasteiger partial charge in [-0.15, -0.1) is 0 Å². The van der Waals surface area contributed by atoms with Crippen molar-refractivity contribution in [3.63, 3.8) is 0 Å². The first-order valence-electron chi connectivity index (χ1n) is 7.03. The van der Waals surface area contributed by atoms with Crippen molar-refractivity contribution >= 4 is 15.7 Å². The molecule has 1 heterocycles. The van der Waals surface area contributed by atoms with Crippen molar-refractivity contribution in [3.8, 4) is 0 Å². The molecule has 0 aliphatic heterocycles. The Balaban J connectivity index is 2.46. The third-order valence-electron chi connectivity index (χ3n) is 3.44. The van der Waals surface area contributed by atoms with Gasteiger partial charge >= 0.3 is 0 Å². The second-order valence-corrected chi connectivity index (χ2v) is 6.70. The quantitative estimate of drug-likeness (QED) is 0.923. The zero-order chi connectivity index (χ0) is 15.6. The van der Waals surface area contributed by atoms with E-state index in [0.29, 0.717) is 12.1 Å². The number of aryl methyl sites for hydroxylation is 3. The van der Waals surface area contributed by atoms with Crippen LogP contribution in [0, 0.1) is 6.92 Å². The van der Waals surface area contributed by atoms with Gasteiger partial charge in [0.25, 0.3) is 10.0 Å². The van der Waals surface area contributed by atoms with E-state index in [1.807, 2.05) is 33.9 Å². The Morgan fingerprint density at radius 2 is 1.95 bits per heavy atom. The Bertz CT molecular complexity index is 748. The highest BCUT2D eigenvalue weighted by molar-refractivity contribution is 7.92. The lowest BCUT2D eigenvalue weighted by atomic mass is 10.2. The lowest BCUT2D eigenvalue weighted by molar-refractivity contribution is 0.601. The fraction of sp³-hybridized carbons (Fsp3) is 0.400. The number of hydrogen-bond donors (Lipinski definition) is 1. The minimum absolute atomic E-state index is 0.274. The molecule has 0 aliphatic carbocycles. The molecule has 0 amide bonds. The third kappa shape index (κ3) is 3.10. The lowest BCUT2D eigenvalue weighted by Crippen LogP contribution is -2.15. The van der Waals surface area contributed by atoms with Crippen LogP contribution in [0.5, 0.6) is 0 Å². The SMILES string of the molecule is CCc1nn(C)c(CC)c1NS(=O)(=O)c1cccc(C)c1. The third-order valence-corrected chi connectivity index (χ3v) is 4.79. The maximum absolute atomic E-state index is 12.6. The van der Waals surface area contributed by atoms with Crippen molar-refractivity contribution < 1.29 is 8.42 Å². The van der Waals surface area contributed by atoms with Crippen LogP contribution in [-0.2, 0) is 29.9 Å². The molecule has 0 saturated carbocycles. The van der Waals surface area contributed by atoms with Crippen molar-refractivity contribution in [2.75, 3.05) is 4.72 Å². The van der Waals surface area contributed by atoms with Crippen LogP contribution in [0.4, 0.5) is 5.69 Å². The largest absolute Gasteiger partial charge is 0.276 e. The highest BCUT2D eigenvalue weighted by atomic mass is 32.2. The second kappa shape index (κ2) is 5.89. The van der Waals surface area contributed by atoms with Gasteiger partial charge in [-0.25, -0.2) is 8.42 Å². The number of nitrogens with one attached hydrogen (secondary N) is 1. The fourth-order valence-corrected chi connectivity index (χ4v) is 3.59. The summed E-state index contributed by atoms with van der Waals surface area (Å²) in [5.74, 6) is 0. The second-order valence-electron chi connectivity index (χ2n) is 5.02. The zero-order valence-corrected chi connectivity index (χ0v) is 13.7. The van der Waals surface area contributed by atoms with Crippen LogP contribution < -0.4 is 4.72 Å². The van der Waals surface area contributed by atoms with Gasteiger partial charge in [-0.3, -0.25) is 9.40 Å². The first-order valence-corrected chi connectivity index (χ1v) is 8.51. The molecule has 0 bridgehead atoms. The van der Waals surface area contributed by atoms with Gasteiger partial charge < -0.3 is 0 Å². The predicted molar refractivity (Wildman–Crippen MR) is 84.0 cm³/mol. The first-order chi connectivity index (χ1) is 9.89. The Labute approximate surface area is 126 Å². The van der Waals surface area contributed by atoms with Crippen LogP contribution in [-0.4, -0.2) is 18.2 Å². The molecule has 0 fully saturated rings. The monoisotopic (exact) mass is 307 g/mol. The van der Waals surface area contributed by atoms with E-state index in [-0.39, 0.29) is 4.90 Å². The zero-order valence-electron chi connectivity index (χ0n) is 12.8. The van der Waals surface area contributed by atoms with E-state index in [0.717, 1.165) is 23.4 Å². The normalized spacial score (nSPS) is 11.6. The van der Waals surface area contributed by atoms with Crippen LogP contribution in [0.15, 0.2) is 29.2 Å². The summed E-state index contributed by atoms with van der Waals surface area (Å²) in [6.07, 6.45) is 1.40. The number of nitrogens with zero attached hydrogens (tertiary/aromatic N) is 2. The summed E-state index contributed by atoms with van der Waals surface area (Å²) in [7, 11) is -1.76. The lowest BCUT2D eigenvalue weighted by Gasteiger charge is -2.10. The van der Waals surface area contributed by atoms with Crippen molar-refractivity contribution in [1.29, 1.82) is 0 Å². The molecule has 0 spiro atoms. The summed E-state index contributed by atoms with van der Waals surface area (Å²) >= 11 is 0. The van der Waals surface area contributed by atoms with Crippen LogP contribution in [0.1, 0.15) is 30.8 Å². The molecule has 1 aromatic heterocycles. The molecule has 1 aromatic carbocycles. The topological polar surface area (TPSA) is 64.0 Å². The maximum Gasteiger partial charge on any atom is 0.262 e. The molecule has 0 atom stereocenters. The predicted octanol–water partition coefficient (Wildman–Crippen LogP) is 2.65. The van der Waals surface area contributed by atoms with E-state index in [1.165, 1.54) is 0 Å². The molecule has 0 aliphatic rings. The number of rotatable bonds is 5. The van der Waals surface area contributed by atoms with Crippen molar-refractivity contribution in [2.24, 2.45) is 7.05 Å². The number of anilines is 1. The van der Waals surface area contributed by atoms with Gasteiger partial charge in [0.1, 0.15) is 0 Å². The van der Waals surface area contributed by atoms with Gasteiger partial charge in [0.15, 0.2) is 0 Å². The van der Waals surface area contributed by atoms with Gasteiger partial charge in [-0.05, 0) is 37.5 Å². The van der Waals surface area contributed by atoms with Crippen molar-refractivity contribution in [3.05, 3.63) is 41.2 Å². The summed E-state index contributed by atoms with van der Waals surface area (Å²) < 4.78 is 29.6. The standard InChI is InChI=1S/C15H21N3O2S/c1-5-13-15(14(6-2)18(4)16-13)17-21(19,20)12-9-7-8-11(3)10-12/h7-10,17H,5-6H2,1-4H3. The van der Waals surface area contributed by atoms with Crippen LogP contribution in [0.3, 0.4) is 0 Å². The molecule has 0 unspecified atom stereocenters. The number of hydrogen-bond acceptors (Lipinski definition) is 3. The van der Waals surface area contributed by atoms with Crippen LogP contribution in [0.25, 0.3) is 0 Å². The Morgan fingerprint density at radius 3 is 2.52 bits per heavy atom. The van der Waals surface area contributed by atoms with E-state index < -0.39 is 10.0 Å². The Hall–Kier alpha value is -1.82. The molecule has 6 heteroatoms. The smallest absolute Gasteiger partial charge is 0.262 e. The summed E-state index contributed by atoms with van der Waals surface area (Å²) in [6, 6.07) is 6.88. The summed E-state index contributed by atoms with van der Waals surface area (Å²) in [6.45, 7) is 5.82. The fourth-order valence-electron chi connectivity index (χ4n) is 2.37. The minimum atomic E-state index is -3.59. The van der Waals surface area contributed by atoms with Crippen LogP contribution in [0.2, 0.25) is 0 Å². The molecule has 5 nitrogen and oxygen atoms in total. The Kier molecular flexibility index (Phi) is 4.37. The molecule has 0 saturated heterocycles. The van der Waals surface area contributed by atoms with E-state index in [1.54, 1.807) is 22.9 Å². The molecular weight excluding hydrogens is 286 g/mol. The van der Waals surface area contributed by atoms with Crippen molar-refractivity contribution in [2.45, 2.75) is 38.5 Å². The van der Waals surface area contributed by atoms with Gasteiger partial charge in [-0.2, -0.15) is 5.10 Å². The molecule has 114 valence electrons. The Morgan fingerprint density at radius 1 is 1.24 bits per heavy atom. The van der Waals surface area contributed by atoms with Gasteiger partial charge in [0, 0.05) is 7.05 Å². The minimum Gasteiger partial charge on any atom is -0.276 e. The summed E-state index contributed by atoms with van der Waals surface area (Å²) in [5.41, 5.74) is 3.19. The van der Waals surface area contributed by atoms with E-state index in [4.69, 9.17) is 0 Å². The van der Waals surface area contributed by atoms with Gasteiger partial charge in [-0.1, -0.05) is 26.0 Å².